The van der Waals surface area contributed by atoms with Gasteiger partial charge in [0.05, 0.1) is 18.6 Å². The number of halogens is 3. The van der Waals surface area contributed by atoms with E-state index in [-0.39, 0.29) is 11.4 Å². The zero-order valence-corrected chi connectivity index (χ0v) is 17.7. The molecule has 0 bridgehead atoms. The standard InChI is InChI=1S/C24H18F3N5O2/c25-24(26,27)34-20-9-6-17(7-10-20)19-8-11-22-29-32(23(33)31(22)14-19)13-12-30-15-21(28-16-30)18-4-2-1-3-5-18/h1-11,14-16H,12-13H2. The summed E-state index contributed by atoms with van der Waals surface area (Å²) in [6.45, 7) is 0.862. The lowest BCUT2D eigenvalue weighted by atomic mass is 10.1. The zero-order valence-electron chi connectivity index (χ0n) is 17.7. The summed E-state index contributed by atoms with van der Waals surface area (Å²) in [5, 5.41) is 4.37. The van der Waals surface area contributed by atoms with Crippen molar-refractivity contribution in [3.05, 3.63) is 95.9 Å². The third-order valence-corrected chi connectivity index (χ3v) is 5.27. The maximum Gasteiger partial charge on any atom is 0.573 e. The lowest BCUT2D eigenvalue weighted by Gasteiger charge is -2.09. The molecule has 0 radical (unpaired) electrons. The first-order valence-electron chi connectivity index (χ1n) is 10.4. The zero-order chi connectivity index (χ0) is 23.7. The van der Waals surface area contributed by atoms with Gasteiger partial charge in [-0.3, -0.25) is 0 Å². The van der Waals surface area contributed by atoms with Crippen LogP contribution in [0.2, 0.25) is 0 Å². The second kappa shape index (κ2) is 8.54. The molecule has 0 aliphatic heterocycles. The van der Waals surface area contributed by atoms with Gasteiger partial charge < -0.3 is 9.30 Å². The number of imidazole rings is 1. The summed E-state index contributed by atoms with van der Waals surface area (Å²) < 4.78 is 45.7. The van der Waals surface area contributed by atoms with E-state index in [0.29, 0.717) is 29.9 Å². The molecule has 172 valence electrons. The SMILES string of the molecule is O=c1n(CCn2cnc(-c3ccccc3)c2)nc2ccc(-c3ccc(OC(F)(F)F)cc3)cn12. The van der Waals surface area contributed by atoms with Crippen LogP contribution in [0.15, 0.2) is 90.2 Å². The monoisotopic (exact) mass is 465 g/mol. The molecule has 7 nitrogen and oxygen atoms in total. The van der Waals surface area contributed by atoms with Gasteiger partial charge in [0.15, 0.2) is 5.65 Å². The molecule has 0 saturated heterocycles. The lowest BCUT2D eigenvalue weighted by Crippen LogP contribution is -2.23. The highest BCUT2D eigenvalue weighted by atomic mass is 19.4. The number of fused-ring (bicyclic) bond motifs is 1. The quantitative estimate of drug-likeness (QED) is 0.367. The second-order valence-electron chi connectivity index (χ2n) is 7.59. The Bertz CT molecular complexity index is 1490. The maximum atomic E-state index is 12.9. The van der Waals surface area contributed by atoms with E-state index in [2.05, 4.69) is 14.8 Å². The highest BCUT2D eigenvalue weighted by Crippen LogP contribution is 2.26. The van der Waals surface area contributed by atoms with Crippen molar-refractivity contribution in [2.75, 3.05) is 0 Å². The smallest absolute Gasteiger partial charge is 0.406 e. The second-order valence-corrected chi connectivity index (χ2v) is 7.59. The number of hydrogen-bond acceptors (Lipinski definition) is 4. The van der Waals surface area contributed by atoms with Crippen molar-refractivity contribution >= 4 is 5.65 Å². The molecular formula is C24H18F3N5O2. The average molecular weight is 465 g/mol. The van der Waals surface area contributed by atoms with Crippen molar-refractivity contribution in [3.63, 3.8) is 0 Å². The highest BCUT2D eigenvalue weighted by Gasteiger charge is 2.31. The third-order valence-electron chi connectivity index (χ3n) is 5.27. The van der Waals surface area contributed by atoms with E-state index in [1.165, 1.54) is 33.3 Å². The van der Waals surface area contributed by atoms with E-state index in [0.717, 1.165) is 11.3 Å². The van der Waals surface area contributed by atoms with Crippen LogP contribution in [0.4, 0.5) is 13.2 Å². The molecular weight excluding hydrogens is 447 g/mol. The molecule has 0 aliphatic rings. The van der Waals surface area contributed by atoms with Crippen molar-refractivity contribution in [3.8, 4) is 28.1 Å². The topological polar surface area (TPSA) is 66.3 Å². The van der Waals surface area contributed by atoms with Gasteiger partial charge in [-0.25, -0.2) is 18.9 Å². The normalized spacial score (nSPS) is 11.7. The molecule has 5 rings (SSSR count). The van der Waals surface area contributed by atoms with E-state index in [9.17, 15) is 18.0 Å². The summed E-state index contributed by atoms with van der Waals surface area (Å²) in [6.07, 6.45) is 0.502. The summed E-state index contributed by atoms with van der Waals surface area (Å²) in [5.41, 5.74) is 3.33. The number of aryl methyl sites for hydroxylation is 2. The number of benzene rings is 2. The van der Waals surface area contributed by atoms with E-state index in [4.69, 9.17) is 0 Å². The number of alkyl halides is 3. The first-order chi connectivity index (χ1) is 16.4. The predicted molar refractivity (Wildman–Crippen MR) is 119 cm³/mol. The van der Waals surface area contributed by atoms with Crippen LogP contribution in [0.1, 0.15) is 0 Å². The van der Waals surface area contributed by atoms with Crippen molar-refractivity contribution in [2.24, 2.45) is 0 Å². The van der Waals surface area contributed by atoms with Crippen LogP contribution in [-0.2, 0) is 13.1 Å². The van der Waals surface area contributed by atoms with Gasteiger partial charge >= 0.3 is 12.1 Å². The third kappa shape index (κ3) is 4.56. The molecule has 0 unspecified atom stereocenters. The Morgan fingerprint density at radius 2 is 1.56 bits per heavy atom. The summed E-state index contributed by atoms with van der Waals surface area (Å²) in [4.78, 5) is 17.3. The summed E-state index contributed by atoms with van der Waals surface area (Å²) in [5.74, 6) is -0.308. The minimum Gasteiger partial charge on any atom is -0.406 e. The van der Waals surface area contributed by atoms with Gasteiger partial charge in [0.1, 0.15) is 5.75 Å². The van der Waals surface area contributed by atoms with E-state index >= 15 is 0 Å². The number of pyridine rings is 1. The molecule has 34 heavy (non-hydrogen) atoms. The molecule has 3 aromatic heterocycles. The number of hydrogen-bond donors (Lipinski definition) is 0. The van der Waals surface area contributed by atoms with Gasteiger partial charge in [0.25, 0.3) is 0 Å². The largest absolute Gasteiger partial charge is 0.573 e. The predicted octanol–water partition coefficient (Wildman–Crippen LogP) is 4.63. The van der Waals surface area contributed by atoms with Crippen LogP contribution in [0.3, 0.4) is 0 Å². The van der Waals surface area contributed by atoms with Gasteiger partial charge in [0.2, 0.25) is 0 Å². The van der Waals surface area contributed by atoms with Gasteiger partial charge in [0, 0.05) is 24.5 Å². The molecule has 0 atom stereocenters. The molecule has 0 saturated carbocycles. The fourth-order valence-electron chi connectivity index (χ4n) is 3.63. The number of aromatic nitrogens is 5. The van der Waals surface area contributed by atoms with Gasteiger partial charge in [-0.15, -0.1) is 18.3 Å². The minimum absolute atomic E-state index is 0.308. The Kier molecular flexibility index (Phi) is 5.40. The molecule has 0 spiro atoms. The van der Waals surface area contributed by atoms with E-state index < -0.39 is 6.36 Å². The van der Waals surface area contributed by atoms with Crippen molar-refractivity contribution in [1.82, 2.24) is 23.7 Å². The molecule has 5 aromatic rings. The first kappa shape index (κ1) is 21.5. The fourth-order valence-corrected chi connectivity index (χ4v) is 3.63. The first-order valence-corrected chi connectivity index (χ1v) is 10.4. The van der Waals surface area contributed by atoms with Gasteiger partial charge in [-0.05, 0) is 35.4 Å². The van der Waals surface area contributed by atoms with Gasteiger partial charge in [-0.2, -0.15) is 0 Å². The Labute approximate surface area is 191 Å². The summed E-state index contributed by atoms with van der Waals surface area (Å²) >= 11 is 0. The van der Waals surface area contributed by atoms with Crippen molar-refractivity contribution in [1.29, 1.82) is 0 Å². The van der Waals surface area contributed by atoms with Crippen molar-refractivity contribution < 1.29 is 17.9 Å². The Hall–Kier alpha value is -4.34. The average Bonchev–Trinajstić information content (AvgIpc) is 3.42. The summed E-state index contributed by atoms with van der Waals surface area (Å²) in [6, 6.07) is 18.7. The molecule has 2 aromatic carbocycles. The minimum atomic E-state index is -4.75. The molecule has 3 heterocycles. The van der Waals surface area contributed by atoms with Crippen LogP contribution >= 0.6 is 0 Å². The molecule has 0 N–H and O–H groups in total. The Balaban J connectivity index is 1.33. The highest BCUT2D eigenvalue weighted by molar-refractivity contribution is 5.65. The van der Waals surface area contributed by atoms with Crippen LogP contribution in [0.25, 0.3) is 28.0 Å². The molecule has 10 heteroatoms. The number of nitrogens with zero attached hydrogens (tertiary/aromatic N) is 5. The molecule has 0 amide bonds. The van der Waals surface area contributed by atoms with Gasteiger partial charge in [-0.1, -0.05) is 42.5 Å². The van der Waals surface area contributed by atoms with Crippen LogP contribution in [0, 0.1) is 0 Å². The van der Waals surface area contributed by atoms with Crippen molar-refractivity contribution in [2.45, 2.75) is 19.5 Å². The Morgan fingerprint density at radius 1 is 0.824 bits per heavy atom. The maximum absolute atomic E-state index is 12.9. The number of ether oxygens (including phenoxy) is 1. The summed E-state index contributed by atoms with van der Waals surface area (Å²) in [7, 11) is 0. The van der Waals surface area contributed by atoms with Crippen LogP contribution in [0.5, 0.6) is 5.75 Å². The fraction of sp³-hybridized carbons (Fsp3) is 0.125. The Morgan fingerprint density at radius 3 is 2.29 bits per heavy atom. The van der Waals surface area contributed by atoms with Crippen LogP contribution in [-0.4, -0.2) is 30.1 Å². The molecule has 0 fully saturated rings. The van der Waals surface area contributed by atoms with E-state index in [1.807, 2.05) is 41.1 Å². The van der Waals surface area contributed by atoms with E-state index in [1.54, 1.807) is 24.7 Å². The molecule has 0 aliphatic carbocycles. The van der Waals surface area contributed by atoms with Crippen LogP contribution < -0.4 is 10.4 Å². The number of rotatable bonds is 6. The lowest BCUT2D eigenvalue weighted by molar-refractivity contribution is -0.274.